The maximum absolute atomic E-state index is 13.2. The normalized spacial score (nSPS) is 16.8. The molecule has 3 aromatic rings. The number of amides is 2. The van der Waals surface area contributed by atoms with Gasteiger partial charge in [0.25, 0.3) is 0 Å². The Morgan fingerprint density at radius 1 is 1.00 bits per heavy atom. The van der Waals surface area contributed by atoms with Crippen LogP contribution in [0.15, 0.2) is 78.9 Å². The molecule has 0 radical (unpaired) electrons. The van der Waals surface area contributed by atoms with E-state index in [1.54, 1.807) is 24.1 Å². The van der Waals surface area contributed by atoms with Crippen LogP contribution in [0.4, 0.5) is 5.69 Å². The molecule has 0 saturated carbocycles. The molecule has 1 aliphatic heterocycles. The van der Waals surface area contributed by atoms with Gasteiger partial charge in [0, 0.05) is 13.0 Å². The fourth-order valence-electron chi connectivity index (χ4n) is 3.85. The number of carbonyl (C=O) groups excluding carboxylic acids is 2. The minimum Gasteiger partial charge on any atom is -0.497 e. The molecule has 3 aromatic carbocycles. The van der Waals surface area contributed by atoms with Gasteiger partial charge in [0.15, 0.2) is 0 Å². The number of rotatable bonds is 6. The number of para-hydroxylation sites is 1. The lowest BCUT2D eigenvalue weighted by atomic mass is 9.97. The number of ether oxygens (including phenoxy) is 1. The van der Waals surface area contributed by atoms with E-state index < -0.39 is 5.92 Å². The Morgan fingerprint density at radius 2 is 1.65 bits per heavy atom. The summed E-state index contributed by atoms with van der Waals surface area (Å²) < 4.78 is 5.25. The van der Waals surface area contributed by atoms with E-state index in [0.717, 1.165) is 16.9 Å². The summed E-state index contributed by atoms with van der Waals surface area (Å²) in [5, 5.41) is 3.64. The first-order valence-corrected chi connectivity index (χ1v) is 10.5. The van der Waals surface area contributed by atoms with Crippen LogP contribution in [-0.2, 0) is 9.59 Å². The summed E-state index contributed by atoms with van der Waals surface area (Å²) in [7, 11) is 1.62. The second kappa shape index (κ2) is 9.23. The zero-order valence-electron chi connectivity index (χ0n) is 17.1. The molecule has 1 N–H and O–H groups in total. The number of methoxy groups -OCH3 is 1. The van der Waals surface area contributed by atoms with Crippen molar-refractivity contribution in [2.75, 3.05) is 18.6 Å². The highest BCUT2D eigenvalue weighted by molar-refractivity contribution is 6.33. The highest BCUT2D eigenvalue weighted by atomic mass is 35.5. The fraction of sp³-hybridized carbons (Fsp3) is 0.200. The van der Waals surface area contributed by atoms with Gasteiger partial charge in [-0.25, -0.2) is 0 Å². The highest BCUT2D eigenvalue weighted by Gasteiger charge is 2.36. The van der Waals surface area contributed by atoms with Gasteiger partial charge in [0.2, 0.25) is 11.8 Å². The van der Waals surface area contributed by atoms with Gasteiger partial charge in [0.05, 0.1) is 29.8 Å². The molecule has 1 saturated heterocycles. The highest BCUT2D eigenvalue weighted by Crippen LogP contribution is 2.32. The molecule has 4 rings (SSSR count). The average molecular weight is 435 g/mol. The number of carbonyl (C=O) groups is 2. The van der Waals surface area contributed by atoms with Crippen molar-refractivity contribution in [3.8, 4) is 5.75 Å². The summed E-state index contributed by atoms with van der Waals surface area (Å²) in [6, 6.07) is 24.2. The second-order valence-electron chi connectivity index (χ2n) is 7.48. The van der Waals surface area contributed by atoms with Crippen molar-refractivity contribution >= 4 is 29.1 Å². The van der Waals surface area contributed by atoms with Crippen LogP contribution in [0.2, 0.25) is 5.02 Å². The molecule has 158 valence electrons. The lowest BCUT2D eigenvalue weighted by molar-refractivity contribution is -0.126. The van der Waals surface area contributed by atoms with Crippen molar-refractivity contribution in [1.29, 1.82) is 0 Å². The maximum Gasteiger partial charge on any atom is 0.227 e. The van der Waals surface area contributed by atoms with Crippen LogP contribution in [0.5, 0.6) is 5.75 Å². The maximum atomic E-state index is 13.2. The third-order valence-electron chi connectivity index (χ3n) is 5.51. The second-order valence-corrected chi connectivity index (χ2v) is 7.89. The van der Waals surface area contributed by atoms with Gasteiger partial charge in [-0.05, 0) is 35.4 Å². The SMILES string of the molecule is COc1ccc([C@H](NC(=O)[C@H]2CC(=O)N(c3ccccc3Cl)C2)c2ccccc2)cc1. The van der Waals surface area contributed by atoms with E-state index in [-0.39, 0.29) is 24.3 Å². The lowest BCUT2D eigenvalue weighted by Gasteiger charge is -2.22. The smallest absolute Gasteiger partial charge is 0.227 e. The topological polar surface area (TPSA) is 58.6 Å². The van der Waals surface area contributed by atoms with Crippen molar-refractivity contribution in [1.82, 2.24) is 5.32 Å². The molecule has 1 heterocycles. The largest absolute Gasteiger partial charge is 0.497 e. The molecule has 31 heavy (non-hydrogen) atoms. The van der Waals surface area contributed by atoms with E-state index in [1.165, 1.54) is 0 Å². The van der Waals surface area contributed by atoms with Crippen LogP contribution in [-0.4, -0.2) is 25.5 Å². The number of halogens is 1. The number of nitrogens with zero attached hydrogens (tertiary/aromatic N) is 1. The summed E-state index contributed by atoms with van der Waals surface area (Å²) in [4.78, 5) is 27.4. The van der Waals surface area contributed by atoms with Gasteiger partial charge in [-0.15, -0.1) is 0 Å². The van der Waals surface area contributed by atoms with Crippen LogP contribution < -0.4 is 15.0 Å². The van der Waals surface area contributed by atoms with E-state index in [4.69, 9.17) is 16.3 Å². The van der Waals surface area contributed by atoms with Gasteiger partial charge in [-0.1, -0.05) is 66.2 Å². The fourth-order valence-corrected chi connectivity index (χ4v) is 4.09. The summed E-state index contributed by atoms with van der Waals surface area (Å²) >= 11 is 6.26. The van der Waals surface area contributed by atoms with Gasteiger partial charge < -0.3 is 15.0 Å². The average Bonchev–Trinajstić information content (AvgIpc) is 3.20. The van der Waals surface area contributed by atoms with E-state index in [2.05, 4.69) is 5.32 Å². The number of hydrogen-bond donors (Lipinski definition) is 1. The van der Waals surface area contributed by atoms with Crippen LogP contribution in [0.25, 0.3) is 0 Å². The van der Waals surface area contributed by atoms with Crippen molar-refractivity contribution in [2.45, 2.75) is 12.5 Å². The third kappa shape index (κ3) is 4.57. The molecule has 6 heteroatoms. The number of benzene rings is 3. The van der Waals surface area contributed by atoms with E-state index in [9.17, 15) is 9.59 Å². The zero-order chi connectivity index (χ0) is 21.8. The molecule has 1 aliphatic rings. The molecule has 0 aromatic heterocycles. The minimum atomic E-state index is -0.451. The summed E-state index contributed by atoms with van der Waals surface area (Å²) in [6.07, 6.45) is 0.154. The lowest BCUT2D eigenvalue weighted by Crippen LogP contribution is -2.36. The predicted molar refractivity (Wildman–Crippen MR) is 121 cm³/mol. The standard InChI is InChI=1S/C25H23ClN2O3/c1-31-20-13-11-18(12-14-20)24(17-7-3-2-4-8-17)27-25(30)19-15-23(29)28(16-19)22-10-6-5-9-21(22)26/h2-14,19,24H,15-16H2,1H3,(H,27,30)/t19-,24+/m0/s1. The van der Waals surface area contributed by atoms with Crippen molar-refractivity contribution in [3.05, 3.63) is 95.0 Å². The zero-order valence-corrected chi connectivity index (χ0v) is 17.9. The quantitative estimate of drug-likeness (QED) is 0.616. The Hall–Kier alpha value is -3.31. The number of anilines is 1. The molecule has 1 fully saturated rings. The first kappa shape index (κ1) is 20.9. The molecule has 0 spiro atoms. The first-order chi connectivity index (χ1) is 15.1. The predicted octanol–water partition coefficient (Wildman–Crippen LogP) is 4.61. The first-order valence-electron chi connectivity index (χ1n) is 10.1. The Balaban J connectivity index is 1.55. The Labute approximate surface area is 186 Å². The van der Waals surface area contributed by atoms with Crippen LogP contribution in [0.1, 0.15) is 23.6 Å². The molecule has 2 amide bonds. The Morgan fingerprint density at radius 3 is 2.32 bits per heavy atom. The van der Waals surface area contributed by atoms with Gasteiger partial charge in [-0.2, -0.15) is 0 Å². The molecule has 0 unspecified atom stereocenters. The Bertz CT molecular complexity index is 1070. The molecular weight excluding hydrogens is 412 g/mol. The van der Waals surface area contributed by atoms with Gasteiger partial charge in [0.1, 0.15) is 5.75 Å². The molecule has 0 bridgehead atoms. The molecule has 2 atom stereocenters. The monoisotopic (exact) mass is 434 g/mol. The Kier molecular flexibility index (Phi) is 6.23. The van der Waals surface area contributed by atoms with E-state index in [0.29, 0.717) is 17.3 Å². The number of hydrogen-bond acceptors (Lipinski definition) is 3. The van der Waals surface area contributed by atoms with Gasteiger partial charge >= 0.3 is 0 Å². The van der Waals surface area contributed by atoms with E-state index >= 15 is 0 Å². The van der Waals surface area contributed by atoms with Crippen LogP contribution in [0, 0.1) is 5.92 Å². The van der Waals surface area contributed by atoms with Crippen molar-refractivity contribution in [2.24, 2.45) is 5.92 Å². The minimum absolute atomic E-state index is 0.103. The van der Waals surface area contributed by atoms with Crippen LogP contribution in [0.3, 0.4) is 0 Å². The third-order valence-corrected chi connectivity index (χ3v) is 5.83. The summed E-state index contributed by atoms with van der Waals surface area (Å²) in [5.74, 6) is 0.0356. The van der Waals surface area contributed by atoms with Gasteiger partial charge in [-0.3, -0.25) is 9.59 Å². The molecule has 5 nitrogen and oxygen atoms in total. The summed E-state index contributed by atoms with van der Waals surface area (Å²) in [6.45, 7) is 0.304. The van der Waals surface area contributed by atoms with E-state index in [1.807, 2.05) is 66.7 Å². The van der Waals surface area contributed by atoms with Crippen molar-refractivity contribution < 1.29 is 14.3 Å². The van der Waals surface area contributed by atoms with Crippen LogP contribution >= 0.6 is 11.6 Å². The molecule has 0 aliphatic carbocycles. The van der Waals surface area contributed by atoms with Crippen molar-refractivity contribution in [3.63, 3.8) is 0 Å². The summed E-state index contributed by atoms with van der Waals surface area (Å²) in [5.41, 5.74) is 2.54. The number of nitrogens with one attached hydrogen (secondary N) is 1. The molecular formula is C25H23ClN2O3.